The van der Waals surface area contributed by atoms with E-state index in [0.717, 1.165) is 12.0 Å². The first-order valence-corrected chi connectivity index (χ1v) is 5.55. The van der Waals surface area contributed by atoms with Gasteiger partial charge in [0.05, 0.1) is 0 Å². The maximum atomic E-state index is 13.6. The summed E-state index contributed by atoms with van der Waals surface area (Å²) in [6, 6.07) is 5.10. The summed E-state index contributed by atoms with van der Waals surface area (Å²) in [7, 11) is 0. The van der Waals surface area contributed by atoms with Gasteiger partial charge in [-0.2, -0.15) is 0 Å². The number of rotatable bonds is 2. The predicted octanol–water partition coefficient (Wildman–Crippen LogP) is 2.35. The van der Waals surface area contributed by atoms with Crippen LogP contribution in [0.1, 0.15) is 30.9 Å². The minimum Gasteiger partial charge on any atom is -0.351 e. The zero-order valence-corrected chi connectivity index (χ0v) is 9.64. The van der Waals surface area contributed by atoms with Crippen LogP contribution >= 0.6 is 0 Å². The van der Waals surface area contributed by atoms with Gasteiger partial charge in [0.15, 0.2) is 0 Å². The van der Waals surface area contributed by atoms with Crippen LogP contribution in [0.5, 0.6) is 0 Å². The molecule has 0 bridgehead atoms. The normalized spacial score (nSPS) is 24.6. The van der Waals surface area contributed by atoms with Crippen molar-refractivity contribution in [3.63, 3.8) is 0 Å². The first-order valence-electron chi connectivity index (χ1n) is 5.55. The quantitative estimate of drug-likeness (QED) is 0.816. The molecule has 0 aliphatic carbocycles. The Labute approximate surface area is 94.9 Å². The maximum absolute atomic E-state index is 13.6. The van der Waals surface area contributed by atoms with Crippen LogP contribution in [0, 0.1) is 12.7 Å². The Morgan fingerprint density at radius 2 is 2.25 bits per heavy atom. The zero-order valence-electron chi connectivity index (χ0n) is 9.64. The number of carbonyl (C=O) groups excluding carboxylic acids is 1. The van der Waals surface area contributed by atoms with Gasteiger partial charge in [0, 0.05) is 12.0 Å². The summed E-state index contributed by atoms with van der Waals surface area (Å²) in [5.41, 5.74) is 1.44. The second-order valence-electron chi connectivity index (χ2n) is 4.88. The molecule has 86 valence electrons. The molecule has 2 nitrogen and oxygen atoms in total. The van der Waals surface area contributed by atoms with E-state index in [-0.39, 0.29) is 17.3 Å². The number of aryl methyl sites for hydroxylation is 1. The van der Waals surface area contributed by atoms with Gasteiger partial charge in [0.2, 0.25) is 5.91 Å². The minimum atomic E-state index is -0.286. The van der Waals surface area contributed by atoms with Gasteiger partial charge in [-0.05, 0) is 38.3 Å². The first-order chi connectivity index (χ1) is 7.48. The van der Waals surface area contributed by atoms with Crippen LogP contribution in [-0.4, -0.2) is 11.4 Å². The monoisotopic (exact) mass is 221 g/mol. The highest BCUT2D eigenvalue weighted by Gasteiger charge is 2.33. The van der Waals surface area contributed by atoms with Crippen molar-refractivity contribution >= 4 is 5.91 Å². The molecule has 0 spiro atoms. The molecule has 1 aliphatic heterocycles. The van der Waals surface area contributed by atoms with Crippen molar-refractivity contribution in [3.8, 4) is 0 Å². The third kappa shape index (κ3) is 2.23. The molecule has 0 aromatic heterocycles. The molecular weight excluding hydrogens is 205 g/mol. The number of hydrogen-bond acceptors (Lipinski definition) is 1. The smallest absolute Gasteiger partial charge is 0.220 e. The van der Waals surface area contributed by atoms with Gasteiger partial charge < -0.3 is 5.32 Å². The van der Waals surface area contributed by atoms with Gasteiger partial charge in [-0.25, -0.2) is 4.39 Å². The van der Waals surface area contributed by atoms with E-state index >= 15 is 0 Å². The average Bonchev–Trinajstić information content (AvgIpc) is 2.52. The van der Waals surface area contributed by atoms with E-state index < -0.39 is 0 Å². The first kappa shape index (κ1) is 11.1. The van der Waals surface area contributed by atoms with Crippen molar-refractivity contribution < 1.29 is 9.18 Å². The van der Waals surface area contributed by atoms with Crippen LogP contribution in [0.4, 0.5) is 4.39 Å². The van der Waals surface area contributed by atoms with E-state index in [2.05, 4.69) is 5.32 Å². The fourth-order valence-corrected chi connectivity index (χ4v) is 2.24. The highest BCUT2D eigenvalue weighted by molar-refractivity contribution is 5.79. The third-order valence-corrected chi connectivity index (χ3v) is 3.13. The van der Waals surface area contributed by atoms with E-state index in [1.807, 2.05) is 19.9 Å². The lowest BCUT2D eigenvalue weighted by atomic mass is 9.90. The summed E-state index contributed by atoms with van der Waals surface area (Å²) >= 11 is 0. The summed E-state index contributed by atoms with van der Waals surface area (Å²) in [4.78, 5) is 11.2. The predicted molar refractivity (Wildman–Crippen MR) is 60.6 cm³/mol. The highest BCUT2D eigenvalue weighted by Crippen LogP contribution is 2.25. The fraction of sp³-hybridized carbons (Fsp3) is 0.462. The number of nitrogens with one attached hydrogen (secondary N) is 1. The van der Waals surface area contributed by atoms with Crippen LogP contribution in [0.15, 0.2) is 18.2 Å². The van der Waals surface area contributed by atoms with Gasteiger partial charge in [-0.15, -0.1) is 0 Å². The van der Waals surface area contributed by atoms with E-state index in [1.54, 1.807) is 6.07 Å². The lowest BCUT2D eigenvalue weighted by molar-refractivity contribution is -0.119. The van der Waals surface area contributed by atoms with E-state index in [9.17, 15) is 9.18 Å². The molecule has 2 rings (SSSR count). The average molecular weight is 221 g/mol. The minimum absolute atomic E-state index is 0.0653. The zero-order chi connectivity index (χ0) is 11.8. The van der Waals surface area contributed by atoms with Crippen LogP contribution in [0.3, 0.4) is 0 Å². The highest BCUT2D eigenvalue weighted by atomic mass is 19.1. The lowest BCUT2D eigenvalue weighted by Crippen LogP contribution is -2.40. The molecule has 1 amide bonds. The molecule has 1 unspecified atom stereocenters. The molecular formula is C13H16FNO. The Hall–Kier alpha value is -1.38. The largest absolute Gasteiger partial charge is 0.351 e. The molecule has 1 heterocycles. The molecule has 1 aromatic carbocycles. The van der Waals surface area contributed by atoms with Crippen LogP contribution < -0.4 is 5.32 Å². The number of benzene rings is 1. The Kier molecular flexibility index (Phi) is 2.70. The Morgan fingerprint density at radius 3 is 2.88 bits per heavy atom. The number of carbonyl (C=O) groups is 1. The van der Waals surface area contributed by atoms with Crippen molar-refractivity contribution in [2.45, 2.75) is 38.6 Å². The summed E-state index contributed by atoms with van der Waals surface area (Å²) in [6.07, 6.45) is 1.88. The van der Waals surface area contributed by atoms with E-state index in [4.69, 9.17) is 0 Å². The van der Waals surface area contributed by atoms with Crippen molar-refractivity contribution in [1.29, 1.82) is 0 Å². The molecule has 0 radical (unpaired) electrons. The molecule has 1 aromatic rings. The van der Waals surface area contributed by atoms with Crippen molar-refractivity contribution in [2.24, 2.45) is 0 Å². The van der Waals surface area contributed by atoms with Crippen LogP contribution in [-0.2, 0) is 11.2 Å². The van der Waals surface area contributed by atoms with Gasteiger partial charge in [0.25, 0.3) is 0 Å². The molecule has 0 saturated carbocycles. The Morgan fingerprint density at radius 1 is 1.50 bits per heavy atom. The Balaban J connectivity index is 2.20. The topological polar surface area (TPSA) is 29.1 Å². The molecule has 16 heavy (non-hydrogen) atoms. The molecule has 1 N–H and O–H groups in total. The number of hydrogen-bond donors (Lipinski definition) is 1. The van der Waals surface area contributed by atoms with Gasteiger partial charge in [-0.1, -0.05) is 17.7 Å². The van der Waals surface area contributed by atoms with Crippen molar-refractivity contribution in [3.05, 3.63) is 35.1 Å². The number of amides is 1. The second-order valence-corrected chi connectivity index (χ2v) is 4.88. The second kappa shape index (κ2) is 3.89. The van der Waals surface area contributed by atoms with Gasteiger partial charge in [-0.3, -0.25) is 4.79 Å². The van der Waals surface area contributed by atoms with Gasteiger partial charge >= 0.3 is 0 Å². The summed E-state index contributed by atoms with van der Waals surface area (Å²) in [5, 5.41) is 2.92. The SMILES string of the molecule is Cc1ccc(F)c(CC2(C)CCC(=O)N2)c1. The number of halogens is 1. The third-order valence-electron chi connectivity index (χ3n) is 3.13. The van der Waals surface area contributed by atoms with E-state index in [1.165, 1.54) is 6.07 Å². The maximum Gasteiger partial charge on any atom is 0.220 e. The van der Waals surface area contributed by atoms with Crippen LogP contribution in [0.2, 0.25) is 0 Å². The fourth-order valence-electron chi connectivity index (χ4n) is 2.24. The lowest BCUT2D eigenvalue weighted by Gasteiger charge is -2.24. The van der Waals surface area contributed by atoms with E-state index in [0.29, 0.717) is 18.4 Å². The molecule has 3 heteroatoms. The standard InChI is InChI=1S/C13H16FNO/c1-9-3-4-11(14)10(7-9)8-13(2)6-5-12(16)15-13/h3-4,7H,5-6,8H2,1-2H3,(H,15,16). The molecule has 1 atom stereocenters. The molecule has 1 saturated heterocycles. The van der Waals surface area contributed by atoms with Gasteiger partial charge in [0.1, 0.15) is 5.82 Å². The summed E-state index contributed by atoms with van der Waals surface area (Å²) in [5.74, 6) is -0.122. The Bertz CT molecular complexity index is 430. The summed E-state index contributed by atoms with van der Waals surface area (Å²) in [6.45, 7) is 3.91. The van der Waals surface area contributed by atoms with Crippen molar-refractivity contribution in [1.82, 2.24) is 5.32 Å². The summed E-state index contributed by atoms with van der Waals surface area (Å²) < 4.78 is 13.6. The van der Waals surface area contributed by atoms with Crippen LogP contribution in [0.25, 0.3) is 0 Å². The molecule has 1 fully saturated rings. The van der Waals surface area contributed by atoms with Crippen molar-refractivity contribution in [2.75, 3.05) is 0 Å². The molecule has 1 aliphatic rings.